The normalized spacial score (nSPS) is 21.1. The van der Waals surface area contributed by atoms with Crippen LogP contribution in [-0.4, -0.2) is 49.3 Å². The van der Waals surface area contributed by atoms with Crippen LogP contribution in [-0.2, 0) is 26.2 Å². The lowest BCUT2D eigenvalue weighted by atomic mass is 9.73. The van der Waals surface area contributed by atoms with Crippen LogP contribution in [0.1, 0.15) is 24.0 Å². The number of fused-ring (bicyclic) bond motifs is 1. The maximum Gasteiger partial charge on any atom is 0.239 e. The van der Waals surface area contributed by atoms with Gasteiger partial charge >= 0.3 is 0 Å². The summed E-state index contributed by atoms with van der Waals surface area (Å²) in [6, 6.07) is 17.8. The molecule has 6 heteroatoms. The highest BCUT2D eigenvalue weighted by Gasteiger charge is 2.49. The molecule has 2 heterocycles. The molecule has 0 saturated carbocycles. The van der Waals surface area contributed by atoms with Crippen molar-refractivity contribution < 1.29 is 14.4 Å². The summed E-state index contributed by atoms with van der Waals surface area (Å²) in [5.41, 5.74) is 2.16. The predicted molar refractivity (Wildman–Crippen MR) is 110 cm³/mol. The number of likely N-dealkylation sites (N-methyl/N-ethyl adjacent to an activating group) is 1. The van der Waals surface area contributed by atoms with Gasteiger partial charge in [-0.05, 0) is 30.0 Å². The number of benzene rings is 2. The van der Waals surface area contributed by atoms with Crippen molar-refractivity contribution in [1.29, 1.82) is 0 Å². The first-order valence-corrected chi connectivity index (χ1v) is 9.97. The summed E-state index contributed by atoms with van der Waals surface area (Å²) in [4.78, 5) is 41.2. The second-order valence-corrected chi connectivity index (χ2v) is 7.79. The second kappa shape index (κ2) is 7.70. The molecule has 1 fully saturated rings. The van der Waals surface area contributed by atoms with Crippen molar-refractivity contribution in [3.8, 4) is 0 Å². The van der Waals surface area contributed by atoms with Gasteiger partial charge in [0.05, 0.1) is 12.0 Å². The molecule has 6 nitrogen and oxygen atoms in total. The first kappa shape index (κ1) is 19.2. The van der Waals surface area contributed by atoms with E-state index in [1.165, 1.54) is 0 Å². The van der Waals surface area contributed by atoms with E-state index in [0.717, 1.165) is 16.8 Å². The smallest absolute Gasteiger partial charge is 0.239 e. The lowest BCUT2D eigenvalue weighted by Gasteiger charge is -2.31. The third-order valence-electron chi connectivity index (χ3n) is 6.00. The van der Waals surface area contributed by atoms with Gasteiger partial charge in [-0.3, -0.25) is 14.4 Å². The fourth-order valence-electron chi connectivity index (χ4n) is 4.49. The van der Waals surface area contributed by atoms with E-state index in [1.807, 2.05) is 54.6 Å². The number of hydrogen-bond donors (Lipinski definition) is 1. The van der Waals surface area contributed by atoms with E-state index in [-0.39, 0.29) is 30.7 Å². The average Bonchev–Trinajstić information content (AvgIpc) is 2.95. The van der Waals surface area contributed by atoms with Gasteiger partial charge in [0.15, 0.2) is 0 Å². The summed E-state index contributed by atoms with van der Waals surface area (Å²) in [5.74, 6) is -0.190. The van der Waals surface area contributed by atoms with Gasteiger partial charge in [0.1, 0.15) is 0 Å². The summed E-state index contributed by atoms with van der Waals surface area (Å²) >= 11 is 0. The lowest BCUT2D eigenvalue weighted by Crippen LogP contribution is -2.50. The van der Waals surface area contributed by atoms with E-state index >= 15 is 0 Å². The van der Waals surface area contributed by atoms with Crippen LogP contribution in [0.25, 0.3) is 0 Å². The van der Waals surface area contributed by atoms with Gasteiger partial charge in [0.25, 0.3) is 0 Å². The summed E-state index contributed by atoms with van der Waals surface area (Å²) in [7, 11) is 1.80. The lowest BCUT2D eigenvalue weighted by molar-refractivity contribution is -0.138. The molecule has 0 spiro atoms. The molecule has 1 N–H and O–H groups in total. The van der Waals surface area contributed by atoms with Gasteiger partial charge in [0.2, 0.25) is 17.7 Å². The van der Waals surface area contributed by atoms with Crippen molar-refractivity contribution in [3.63, 3.8) is 0 Å². The minimum absolute atomic E-state index is 0.0201. The molecule has 2 aromatic carbocycles. The first-order valence-electron chi connectivity index (χ1n) is 9.97. The van der Waals surface area contributed by atoms with Crippen LogP contribution in [0, 0.1) is 0 Å². The molecule has 0 unspecified atom stereocenters. The molecular weight excluding hydrogens is 366 g/mol. The molecular formula is C23H25N3O3. The number of anilines is 1. The summed E-state index contributed by atoms with van der Waals surface area (Å²) in [5, 5.41) is 2.74. The van der Waals surface area contributed by atoms with Crippen LogP contribution in [0.4, 0.5) is 5.69 Å². The molecule has 2 aliphatic rings. The molecule has 150 valence electrons. The molecule has 0 aromatic heterocycles. The van der Waals surface area contributed by atoms with Gasteiger partial charge in [0, 0.05) is 32.2 Å². The summed E-state index contributed by atoms with van der Waals surface area (Å²) in [6.45, 7) is 1.08. The Balaban J connectivity index is 1.64. The zero-order chi connectivity index (χ0) is 20.4. The monoisotopic (exact) mass is 391 g/mol. The van der Waals surface area contributed by atoms with E-state index in [1.54, 1.807) is 16.8 Å². The number of amides is 3. The maximum atomic E-state index is 13.5. The van der Waals surface area contributed by atoms with E-state index in [2.05, 4.69) is 5.32 Å². The van der Waals surface area contributed by atoms with Crippen LogP contribution < -0.4 is 10.2 Å². The molecule has 1 saturated heterocycles. The average molecular weight is 391 g/mol. The molecule has 2 aliphatic heterocycles. The molecule has 0 aliphatic carbocycles. The van der Waals surface area contributed by atoms with Crippen LogP contribution in [0.5, 0.6) is 0 Å². The quantitative estimate of drug-likeness (QED) is 0.846. The van der Waals surface area contributed by atoms with E-state index in [4.69, 9.17) is 0 Å². The van der Waals surface area contributed by atoms with Gasteiger partial charge in [-0.15, -0.1) is 0 Å². The molecule has 1 atom stereocenters. The number of nitrogens with one attached hydrogen (secondary N) is 1. The number of rotatable bonds is 5. The Morgan fingerprint density at radius 3 is 2.55 bits per heavy atom. The number of hydrogen-bond acceptors (Lipinski definition) is 3. The van der Waals surface area contributed by atoms with Gasteiger partial charge < -0.3 is 15.1 Å². The van der Waals surface area contributed by atoms with Crippen molar-refractivity contribution in [2.45, 2.75) is 24.7 Å². The van der Waals surface area contributed by atoms with Crippen molar-refractivity contribution >= 4 is 23.4 Å². The minimum Gasteiger partial charge on any atom is -0.353 e. The largest absolute Gasteiger partial charge is 0.353 e. The van der Waals surface area contributed by atoms with Crippen molar-refractivity contribution in [3.05, 3.63) is 65.7 Å². The molecule has 0 bridgehead atoms. The highest BCUT2D eigenvalue weighted by Crippen LogP contribution is 2.46. The molecule has 3 amide bonds. The van der Waals surface area contributed by atoms with Crippen LogP contribution in [0.3, 0.4) is 0 Å². The van der Waals surface area contributed by atoms with Crippen molar-refractivity contribution in [1.82, 2.24) is 10.2 Å². The van der Waals surface area contributed by atoms with E-state index in [0.29, 0.717) is 25.9 Å². The summed E-state index contributed by atoms with van der Waals surface area (Å²) in [6.07, 6.45) is 1.19. The van der Waals surface area contributed by atoms with E-state index < -0.39 is 5.41 Å². The molecule has 4 rings (SSSR count). The summed E-state index contributed by atoms with van der Waals surface area (Å²) < 4.78 is 0. The Kier molecular flexibility index (Phi) is 5.09. The Morgan fingerprint density at radius 2 is 1.79 bits per heavy atom. The molecule has 0 radical (unpaired) electrons. The topological polar surface area (TPSA) is 69.7 Å². The van der Waals surface area contributed by atoms with Crippen molar-refractivity contribution in [2.24, 2.45) is 0 Å². The zero-order valence-electron chi connectivity index (χ0n) is 16.6. The Morgan fingerprint density at radius 1 is 1.07 bits per heavy atom. The SMILES string of the molecule is CN1C(=O)[C@@](CCC(=O)N2CCNC(=O)C2)(Cc2ccccc2)c2ccccc21. The number of piperazine rings is 1. The maximum absolute atomic E-state index is 13.5. The van der Waals surface area contributed by atoms with Crippen molar-refractivity contribution in [2.75, 3.05) is 31.6 Å². The number of nitrogens with zero attached hydrogens (tertiary/aromatic N) is 2. The van der Waals surface area contributed by atoms with Gasteiger partial charge in [-0.25, -0.2) is 0 Å². The molecule has 2 aromatic rings. The third kappa shape index (κ3) is 3.50. The third-order valence-corrected chi connectivity index (χ3v) is 6.00. The Bertz CT molecular complexity index is 943. The van der Waals surface area contributed by atoms with Crippen LogP contribution >= 0.6 is 0 Å². The Labute approximate surface area is 170 Å². The van der Waals surface area contributed by atoms with Crippen LogP contribution in [0.2, 0.25) is 0 Å². The first-order chi connectivity index (χ1) is 14.0. The highest BCUT2D eigenvalue weighted by molar-refractivity contribution is 6.08. The predicted octanol–water partition coefficient (Wildman–Crippen LogP) is 1.88. The number of carbonyl (C=O) groups excluding carboxylic acids is 3. The molecule has 29 heavy (non-hydrogen) atoms. The number of carbonyl (C=O) groups is 3. The minimum atomic E-state index is -0.777. The second-order valence-electron chi connectivity index (χ2n) is 7.79. The van der Waals surface area contributed by atoms with Crippen LogP contribution in [0.15, 0.2) is 54.6 Å². The zero-order valence-corrected chi connectivity index (χ0v) is 16.6. The fraction of sp³-hybridized carbons (Fsp3) is 0.348. The standard InChI is InChI=1S/C23H25N3O3/c1-25-19-10-6-5-9-18(19)23(22(25)29,15-17-7-3-2-4-8-17)12-11-21(28)26-14-13-24-20(27)16-26/h2-10H,11-16H2,1H3,(H,24,27)/t23-/m0/s1. The van der Waals surface area contributed by atoms with E-state index in [9.17, 15) is 14.4 Å². The number of para-hydroxylation sites is 1. The van der Waals surface area contributed by atoms with Gasteiger partial charge in [-0.1, -0.05) is 48.5 Å². The fourth-order valence-corrected chi connectivity index (χ4v) is 4.49. The van der Waals surface area contributed by atoms with Gasteiger partial charge in [-0.2, -0.15) is 0 Å². The highest BCUT2D eigenvalue weighted by atomic mass is 16.2. The Hall–Kier alpha value is -3.15.